The Labute approximate surface area is 147 Å². The molecule has 0 N–H and O–H groups in total. The summed E-state index contributed by atoms with van der Waals surface area (Å²) in [6.45, 7) is 3.76. The van der Waals surface area contributed by atoms with Crippen LogP contribution in [0.25, 0.3) is 12.0 Å². The lowest BCUT2D eigenvalue weighted by Gasteiger charge is -2.18. The number of pyridine rings is 1. The monoisotopic (exact) mass is 341 g/mol. The molecule has 1 aliphatic carbocycles. The summed E-state index contributed by atoms with van der Waals surface area (Å²) in [5.74, 6) is 0.475. The second-order valence-corrected chi connectivity index (χ2v) is 5.79. The molecule has 1 saturated carbocycles. The van der Waals surface area contributed by atoms with E-state index in [0.29, 0.717) is 12.4 Å². The van der Waals surface area contributed by atoms with Gasteiger partial charge in [-0.05, 0) is 19.4 Å². The van der Waals surface area contributed by atoms with Gasteiger partial charge < -0.3 is 9.47 Å². The van der Waals surface area contributed by atoms with Gasteiger partial charge in [0.15, 0.2) is 5.43 Å². The summed E-state index contributed by atoms with van der Waals surface area (Å²) in [6.07, 6.45) is 6.32. The van der Waals surface area contributed by atoms with Gasteiger partial charge in [0.1, 0.15) is 0 Å². The quantitative estimate of drug-likeness (QED) is 0.348. The smallest absolute Gasteiger partial charge is 0.295 e. The molecule has 0 spiro atoms. The van der Waals surface area contributed by atoms with E-state index in [1.807, 2.05) is 50.3 Å². The van der Waals surface area contributed by atoms with E-state index in [9.17, 15) is 9.59 Å². The molecule has 132 valence electrons. The molecule has 0 bridgehead atoms. The maximum atomic E-state index is 11.6. The molecule has 1 aromatic carbocycles. The number of aromatic nitrogens is 1. The number of carbonyl (C=O) groups excluding carboxylic acids is 1. The highest BCUT2D eigenvalue weighted by Crippen LogP contribution is 2.17. The standard InChI is InChI=1S/C17H17NO4.C3H6/c1-13-8-16(20)9-14(2)18(13)17(22-12-21-11-19)10-15-6-4-3-5-7-15;1-2-3-1/h3-11H,12H2,1-2H3;1-3H2. The Bertz CT molecular complexity index is 747. The Morgan fingerprint density at radius 1 is 1.08 bits per heavy atom. The Kier molecular flexibility index (Phi) is 7.01. The van der Waals surface area contributed by atoms with Crippen molar-refractivity contribution in [2.75, 3.05) is 6.79 Å². The average Bonchev–Trinajstić information content (AvgIpc) is 3.44. The van der Waals surface area contributed by atoms with E-state index < -0.39 is 0 Å². The third-order valence-corrected chi connectivity index (χ3v) is 3.41. The van der Waals surface area contributed by atoms with Gasteiger partial charge in [0.2, 0.25) is 12.7 Å². The first kappa shape index (κ1) is 18.5. The van der Waals surface area contributed by atoms with Crippen LogP contribution in [-0.4, -0.2) is 17.8 Å². The largest absolute Gasteiger partial charge is 0.442 e. The molecule has 0 amide bonds. The zero-order chi connectivity index (χ0) is 18.1. The van der Waals surface area contributed by atoms with Crippen LogP contribution in [0.1, 0.15) is 36.2 Å². The second kappa shape index (κ2) is 9.47. The second-order valence-electron chi connectivity index (χ2n) is 5.79. The molecular weight excluding hydrogens is 318 g/mol. The number of ether oxygens (including phenoxy) is 2. The summed E-state index contributed by atoms with van der Waals surface area (Å²) in [7, 11) is 0. The van der Waals surface area contributed by atoms with Crippen LogP contribution in [-0.2, 0) is 14.3 Å². The number of benzene rings is 1. The number of rotatable bonds is 6. The molecule has 25 heavy (non-hydrogen) atoms. The van der Waals surface area contributed by atoms with E-state index in [2.05, 4.69) is 4.74 Å². The minimum Gasteiger partial charge on any atom is -0.442 e. The van der Waals surface area contributed by atoms with Crippen LogP contribution in [0.15, 0.2) is 47.3 Å². The Balaban J connectivity index is 0.000000676. The molecule has 1 fully saturated rings. The fourth-order valence-electron chi connectivity index (χ4n) is 2.19. The molecule has 2 aromatic rings. The zero-order valence-corrected chi connectivity index (χ0v) is 14.6. The third kappa shape index (κ3) is 6.30. The van der Waals surface area contributed by atoms with Crippen molar-refractivity contribution in [3.63, 3.8) is 0 Å². The molecule has 0 radical (unpaired) electrons. The van der Waals surface area contributed by atoms with Gasteiger partial charge in [-0.1, -0.05) is 49.6 Å². The van der Waals surface area contributed by atoms with Gasteiger partial charge in [0.05, 0.1) is 0 Å². The molecule has 0 atom stereocenters. The predicted molar refractivity (Wildman–Crippen MR) is 97.7 cm³/mol. The summed E-state index contributed by atoms with van der Waals surface area (Å²) >= 11 is 0. The fraction of sp³-hybridized carbons (Fsp3) is 0.300. The van der Waals surface area contributed by atoms with Crippen LogP contribution in [0.4, 0.5) is 0 Å². The summed E-state index contributed by atoms with van der Waals surface area (Å²) in [5, 5.41) is 0. The first-order chi connectivity index (χ1) is 12.1. The number of nitrogens with zero attached hydrogens (tertiary/aromatic N) is 1. The van der Waals surface area contributed by atoms with Crippen LogP contribution in [0.3, 0.4) is 0 Å². The number of hydrogen-bond acceptors (Lipinski definition) is 4. The van der Waals surface area contributed by atoms with Gasteiger partial charge in [-0.15, -0.1) is 0 Å². The summed E-state index contributed by atoms with van der Waals surface area (Å²) in [6, 6.07) is 12.6. The SMILES string of the molecule is C1CC1.Cc1cc(=O)cc(C)n1C(=Cc1ccccc1)OCOC=O. The van der Waals surface area contributed by atoms with Gasteiger partial charge in [-0.2, -0.15) is 0 Å². The number of carbonyl (C=O) groups is 1. The van der Waals surface area contributed by atoms with Gasteiger partial charge >= 0.3 is 0 Å². The van der Waals surface area contributed by atoms with Gasteiger partial charge in [0, 0.05) is 29.6 Å². The molecule has 1 heterocycles. The van der Waals surface area contributed by atoms with Crippen molar-refractivity contribution in [1.82, 2.24) is 4.57 Å². The maximum absolute atomic E-state index is 11.6. The van der Waals surface area contributed by atoms with Crippen LogP contribution in [0.2, 0.25) is 0 Å². The lowest BCUT2D eigenvalue weighted by Crippen LogP contribution is -2.15. The number of hydrogen-bond donors (Lipinski definition) is 0. The minimum absolute atomic E-state index is 0.0607. The molecule has 3 rings (SSSR count). The Morgan fingerprint density at radius 2 is 1.68 bits per heavy atom. The fourth-order valence-corrected chi connectivity index (χ4v) is 2.19. The lowest BCUT2D eigenvalue weighted by molar-refractivity contribution is -0.136. The van der Waals surface area contributed by atoms with Gasteiger partial charge in [-0.25, -0.2) is 0 Å². The molecule has 1 aromatic heterocycles. The minimum atomic E-state index is -0.201. The van der Waals surface area contributed by atoms with E-state index in [4.69, 9.17) is 4.74 Å². The predicted octanol–water partition coefficient (Wildman–Crippen LogP) is 3.74. The maximum Gasteiger partial charge on any atom is 0.295 e. The van der Waals surface area contributed by atoms with E-state index in [-0.39, 0.29) is 12.2 Å². The molecule has 0 unspecified atom stereocenters. The van der Waals surface area contributed by atoms with Crippen molar-refractivity contribution in [3.8, 4) is 0 Å². The molecule has 1 aliphatic rings. The average molecular weight is 341 g/mol. The normalized spacial score (nSPS) is 12.6. The van der Waals surface area contributed by atoms with E-state index in [0.717, 1.165) is 17.0 Å². The van der Waals surface area contributed by atoms with Crippen molar-refractivity contribution < 1.29 is 14.3 Å². The lowest BCUT2D eigenvalue weighted by atomic mass is 10.2. The van der Waals surface area contributed by atoms with Crippen molar-refractivity contribution in [3.05, 3.63) is 69.6 Å². The Hall–Kier alpha value is -2.82. The van der Waals surface area contributed by atoms with Crippen molar-refractivity contribution in [2.45, 2.75) is 33.1 Å². The van der Waals surface area contributed by atoms with Crippen LogP contribution < -0.4 is 5.43 Å². The highest BCUT2D eigenvalue weighted by molar-refractivity contribution is 5.67. The molecule has 0 saturated heterocycles. The summed E-state index contributed by atoms with van der Waals surface area (Å²) < 4.78 is 11.9. The summed E-state index contributed by atoms with van der Waals surface area (Å²) in [5.41, 5.74) is 2.34. The van der Waals surface area contributed by atoms with E-state index in [1.165, 1.54) is 31.4 Å². The molecule has 0 aliphatic heterocycles. The van der Waals surface area contributed by atoms with Crippen molar-refractivity contribution >= 4 is 18.4 Å². The zero-order valence-electron chi connectivity index (χ0n) is 14.6. The van der Waals surface area contributed by atoms with Gasteiger partial charge in [-0.3, -0.25) is 14.2 Å². The van der Waals surface area contributed by atoms with Gasteiger partial charge in [0.25, 0.3) is 6.47 Å². The summed E-state index contributed by atoms with van der Waals surface area (Å²) in [4.78, 5) is 21.8. The molecular formula is C20H23NO4. The van der Waals surface area contributed by atoms with E-state index >= 15 is 0 Å². The molecule has 5 nitrogen and oxygen atoms in total. The molecule has 5 heteroatoms. The van der Waals surface area contributed by atoms with Crippen LogP contribution in [0, 0.1) is 13.8 Å². The highest BCUT2D eigenvalue weighted by atomic mass is 16.7. The third-order valence-electron chi connectivity index (χ3n) is 3.41. The van der Waals surface area contributed by atoms with Crippen molar-refractivity contribution in [2.24, 2.45) is 0 Å². The first-order valence-corrected chi connectivity index (χ1v) is 8.27. The highest BCUT2D eigenvalue weighted by Gasteiger charge is 2.09. The Morgan fingerprint density at radius 3 is 2.20 bits per heavy atom. The van der Waals surface area contributed by atoms with Crippen LogP contribution >= 0.6 is 0 Å². The van der Waals surface area contributed by atoms with Crippen molar-refractivity contribution in [1.29, 1.82) is 0 Å². The topological polar surface area (TPSA) is 57.5 Å². The first-order valence-electron chi connectivity index (χ1n) is 8.27. The van der Waals surface area contributed by atoms with Crippen LogP contribution in [0.5, 0.6) is 0 Å². The number of aryl methyl sites for hydroxylation is 2. The van der Waals surface area contributed by atoms with E-state index in [1.54, 1.807) is 4.57 Å².